The maximum absolute atomic E-state index is 5.50. The van der Waals surface area contributed by atoms with Crippen molar-refractivity contribution in [3.63, 3.8) is 0 Å². The van der Waals surface area contributed by atoms with Crippen LogP contribution >= 0.6 is 0 Å². The number of anilines is 2. The number of ether oxygens (including phenoxy) is 1. The molecule has 1 atom stereocenters. The summed E-state index contributed by atoms with van der Waals surface area (Å²) in [7, 11) is 0. The summed E-state index contributed by atoms with van der Waals surface area (Å²) in [6, 6.07) is 0.459. The summed E-state index contributed by atoms with van der Waals surface area (Å²) in [5.74, 6) is 2.48. The number of nitrogens with one attached hydrogen (secondary N) is 1. The van der Waals surface area contributed by atoms with Gasteiger partial charge in [0, 0.05) is 45.3 Å². The van der Waals surface area contributed by atoms with Crippen molar-refractivity contribution in [2.45, 2.75) is 33.4 Å². The van der Waals surface area contributed by atoms with Gasteiger partial charge in [-0.3, -0.25) is 4.57 Å². The zero-order valence-electron chi connectivity index (χ0n) is 16.0. The lowest BCUT2D eigenvalue weighted by molar-refractivity contribution is 0.122. The van der Waals surface area contributed by atoms with Gasteiger partial charge >= 0.3 is 0 Å². The number of aromatic nitrogens is 4. The van der Waals surface area contributed by atoms with Gasteiger partial charge < -0.3 is 19.9 Å². The summed E-state index contributed by atoms with van der Waals surface area (Å²) < 4.78 is 7.78. The number of imidazole rings is 1. The Kier molecular flexibility index (Phi) is 4.95. The van der Waals surface area contributed by atoms with E-state index in [-0.39, 0.29) is 0 Å². The van der Waals surface area contributed by atoms with Crippen molar-refractivity contribution in [3.05, 3.63) is 6.33 Å². The summed E-state index contributed by atoms with van der Waals surface area (Å²) >= 11 is 0. The molecule has 2 aliphatic heterocycles. The fourth-order valence-corrected chi connectivity index (χ4v) is 3.81. The quantitative estimate of drug-likeness (QED) is 0.877. The van der Waals surface area contributed by atoms with E-state index in [9.17, 15) is 0 Å². The van der Waals surface area contributed by atoms with Gasteiger partial charge in [-0.1, -0.05) is 13.8 Å². The fourth-order valence-electron chi connectivity index (χ4n) is 3.81. The van der Waals surface area contributed by atoms with E-state index >= 15 is 0 Å². The van der Waals surface area contributed by atoms with Gasteiger partial charge in [0.2, 0.25) is 5.95 Å². The predicted molar refractivity (Wildman–Crippen MR) is 103 cm³/mol. The largest absolute Gasteiger partial charge is 0.378 e. The Hall–Kier alpha value is -1.93. The molecule has 0 bridgehead atoms. The average Bonchev–Trinajstić information content (AvgIpc) is 3.00. The molecule has 142 valence electrons. The molecule has 2 saturated heterocycles. The molecule has 2 fully saturated rings. The Labute approximate surface area is 154 Å². The molecular weight excluding hydrogens is 330 g/mol. The van der Waals surface area contributed by atoms with Crippen LogP contribution in [0.4, 0.5) is 11.8 Å². The molecule has 1 N–H and O–H groups in total. The minimum atomic E-state index is 0.459. The van der Waals surface area contributed by atoms with E-state index in [0.717, 1.165) is 75.4 Å². The van der Waals surface area contributed by atoms with Crippen molar-refractivity contribution in [2.24, 2.45) is 5.92 Å². The minimum absolute atomic E-state index is 0.459. The Morgan fingerprint density at radius 1 is 1.19 bits per heavy atom. The van der Waals surface area contributed by atoms with E-state index in [2.05, 4.69) is 50.4 Å². The first-order valence-electron chi connectivity index (χ1n) is 9.65. The molecule has 0 saturated carbocycles. The summed E-state index contributed by atoms with van der Waals surface area (Å²) in [6.45, 7) is 13.7. The number of nitrogens with zero attached hydrogens (tertiary/aromatic N) is 6. The predicted octanol–water partition coefficient (Wildman–Crippen LogP) is 1.12. The van der Waals surface area contributed by atoms with Crippen LogP contribution in [-0.4, -0.2) is 71.5 Å². The molecule has 8 heteroatoms. The summed E-state index contributed by atoms with van der Waals surface area (Å²) in [6.07, 6.45) is 1.68. The lowest BCUT2D eigenvalue weighted by atomic mass is 10.2. The molecule has 2 aromatic heterocycles. The first-order valence-corrected chi connectivity index (χ1v) is 9.65. The van der Waals surface area contributed by atoms with E-state index in [1.165, 1.54) is 0 Å². The molecule has 0 aromatic carbocycles. The monoisotopic (exact) mass is 359 g/mol. The second-order valence-electron chi connectivity index (χ2n) is 7.69. The number of hydrogen-bond donors (Lipinski definition) is 1. The fraction of sp³-hybridized carbons (Fsp3) is 0.722. The second kappa shape index (κ2) is 7.36. The van der Waals surface area contributed by atoms with Gasteiger partial charge in [0.1, 0.15) is 6.33 Å². The number of piperazine rings is 1. The molecule has 8 nitrogen and oxygen atoms in total. The SMILES string of the molecule is CC(C)Cn1c(N2CCN[C@@H](C)C2)nc2c(N3CCOCC3)ncnc21. The zero-order chi connectivity index (χ0) is 18.1. The normalized spacial score (nSPS) is 21.8. The summed E-state index contributed by atoms with van der Waals surface area (Å²) in [5, 5.41) is 3.51. The van der Waals surface area contributed by atoms with Gasteiger partial charge in [-0.25, -0.2) is 15.0 Å². The van der Waals surface area contributed by atoms with Gasteiger partial charge in [-0.2, -0.15) is 0 Å². The highest BCUT2D eigenvalue weighted by atomic mass is 16.5. The number of fused-ring (bicyclic) bond motifs is 1. The van der Waals surface area contributed by atoms with Crippen LogP contribution in [0.15, 0.2) is 6.33 Å². The third kappa shape index (κ3) is 3.35. The highest BCUT2D eigenvalue weighted by molar-refractivity contribution is 5.86. The lowest BCUT2D eigenvalue weighted by Crippen LogP contribution is -2.50. The maximum atomic E-state index is 5.50. The lowest BCUT2D eigenvalue weighted by Gasteiger charge is -2.33. The minimum Gasteiger partial charge on any atom is -0.378 e. The van der Waals surface area contributed by atoms with Gasteiger partial charge in [0.05, 0.1) is 13.2 Å². The van der Waals surface area contributed by atoms with E-state index < -0.39 is 0 Å². The molecule has 0 radical (unpaired) electrons. The topological polar surface area (TPSA) is 71.3 Å². The first kappa shape index (κ1) is 17.5. The number of rotatable bonds is 4. The van der Waals surface area contributed by atoms with Crippen molar-refractivity contribution < 1.29 is 4.74 Å². The van der Waals surface area contributed by atoms with Crippen LogP contribution in [-0.2, 0) is 11.3 Å². The van der Waals surface area contributed by atoms with Crippen molar-refractivity contribution >= 4 is 22.9 Å². The van der Waals surface area contributed by atoms with E-state index in [4.69, 9.17) is 9.72 Å². The Morgan fingerprint density at radius 2 is 2.00 bits per heavy atom. The van der Waals surface area contributed by atoms with Crippen molar-refractivity contribution in [1.82, 2.24) is 24.8 Å². The first-order chi connectivity index (χ1) is 12.6. The molecule has 0 spiro atoms. The summed E-state index contributed by atoms with van der Waals surface area (Å²) in [4.78, 5) is 18.9. The van der Waals surface area contributed by atoms with Crippen LogP contribution in [0.25, 0.3) is 11.2 Å². The molecule has 0 aliphatic carbocycles. The number of morpholine rings is 1. The van der Waals surface area contributed by atoms with Crippen LogP contribution in [0.5, 0.6) is 0 Å². The van der Waals surface area contributed by atoms with Crippen LogP contribution < -0.4 is 15.1 Å². The maximum Gasteiger partial charge on any atom is 0.208 e. The van der Waals surface area contributed by atoms with Crippen LogP contribution in [0, 0.1) is 5.92 Å². The smallest absolute Gasteiger partial charge is 0.208 e. The standard InChI is InChI=1S/C18H29N7O/c1-13(2)10-25-17-15(22-18(25)24-5-4-19-14(3)11-24)16(20-12-21-17)23-6-8-26-9-7-23/h12-14,19H,4-11H2,1-3H3/t14-/m0/s1. The van der Waals surface area contributed by atoms with Crippen LogP contribution in [0.2, 0.25) is 0 Å². The van der Waals surface area contributed by atoms with Crippen LogP contribution in [0.1, 0.15) is 20.8 Å². The zero-order valence-corrected chi connectivity index (χ0v) is 16.0. The van der Waals surface area contributed by atoms with Crippen molar-refractivity contribution in [1.29, 1.82) is 0 Å². The third-order valence-corrected chi connectivity index (χ3v) is 5.00. The molecule has 4 heterocycles. The molecule has 0 unspecified atom stereocenters. The van der Waals surface area contributed by atoms with E-state index in [1.54, 1.807) is 6.33 Å². The molecular formula is C18H29N7O. The van der Waals surface area contributed by atoms with Crippen molar-refractivity contribution in [3.8, 4) is 0 Å². The van der Waals surface area contributed by atoms with E-state index in [0.29, 0.717) is 12.0 Å². The highest BCUT2D eigenvalue weighted by Gasteiger charge is 2.26. The van der Waals surface area contributed by atoms with Gasteiger partial charge in [0.25, 0.3) is 0 Å². The summed E-state index contributed by atoms with van der Waals surface area (Å²) in [5.41, 5.74) is 1.85. The molecule has 2 aliphatic rings. The van der Waals surface area contributed by atoms with Crippen molar-refractivity contribution in [2.75, 3.05) is 55.7 Å². The molecule has 26 heavy (non-hydrogen) atoms. The van der Waals surface area contributed by atoms with Crippen LogP contribution in [0.3, 0.4) is 0 Å². The average molecular weight is 359 g/mol. The van der Waals surface area contributed by atoms with Gasteiger partial charge in [-0.05, 0) is 12.8 Å². The van der Waals surface area contributed by atoms with E-state index in [1.807, 2.05) is 0 Å². The highest BCUT2D eigenvalue weighted by Crippen LogP contribution is 2.29. The molecule has 2 aromatic rings. The third-order valence-electron chi connectivity index (χ3n) is 5.00. The molecule has 0 amide bonds. The second-order valence-corrected chi connectivity index (χ2v) is 7.69. The molecule has 4 rings (SSSR count). The van der Waals surface area contributed by atoms with Gasteiger partial charge in [0.15, 0.2) is 17.0 Å². The number of hydrogen-bond acceptors (Lipinski definition) is 7. The van der Waals surface area contributed by atoms with Gasteiger partial charge in [-0.15, -0.1) is 0 Å². The Bertz CT molecular complexity index is 753. The Morgan fingerprint density at radius 3 is 2.73 bits per heavy atom. The Balaban J connectivity index is 1.79.